The summed E-state index contributed by atoms with van der Waals surface area (Å²) in [6.07, 6.45) is 19.4. The predicted octanol–water partition coefficient (Wildman–Crippen LogP) is 5.82. The average Bonchev–Trinajstić information content (AvgIpc) is 2.89. The normalized spacial score (nSPS) is 19.7. The first-order valence-electron chi connectivity index (χ1n) is 10.5. The van der Waals surface area contributed by atoms with E-state index < -0.39 is 0 Å². The molecule has 1 aliphatic heterocycles. The summed E-state index contributed by atoms with van der Waals surface area (Å²) >= 11 is 0. The summed E-state index contributed by atoms with van der Waals surface area (Å²) < 4.78 is 0. The van der Waals surface area contributed by atoms with Crippen molar-refractivity contribution in [2.24, 2.45) is 0 Å². The van der Waals surface area contributed by atoms with Gasteiger partial charge in [0.15, 0.2) is 0 Å². The monoisotopic (exact) mass is 326 g/mol. The van der Waals surface area contributed by atoms with Crippen LogP contribution in [0.5, 0.6) is 0 Å². The molecule has 0 saturated carbocycles. The molecule has 23 heavy (non-hydrogen) atoms. The van der Waals surface area contributed by atoms with E-state index in [-0.39, 0.29) is 6.17 Å². The molecule has 0 aliphatic carbocycles. The van der Waals surface area contributed by atoms with Crippen molar-refractivity contribution in [1.29, 1.82) is 0 Å². The Morgan fingerprint density at radius 1 is 0.696 bits per heavy atom. The fraction of sp³-hybridized carbons (Fsp3) is 1.00. The van der Waals surface area contributed by atoms with E-state index in [0.717, 1.165) is 26.1 Å². The van der Waals surface area contributed by atoms with Crippen molar-refractivity contribution in [3.8, 4) is 0 Å². The molecular weight excluding hydrogens is 284 g/mol. The van der Waals surface area contributed by atoms with Gasteiger partial charge in [-0.05, 0) is 19.4 Å². The molecule has 0 aromatic heterocycles. The SMILES string of the molecule is CCCCCCCCCCCCCCC1N(O)CCN1CCC. The van der Waals surface area contributed by atoms with Gasteiger partial charge < -0.3 is 5.21 Å². The van der Waals surface area contributed by atoms with E-state index in [1.807, 2.05) is 0 Å². The Morgan fingerprint density at radius 3 is 1.74 bits per heavy atom. The van der Waals surface area contributed by atoms with E-state index in [0.29, 0.717) is 0 Å². The van der Waals surface area contributed by atoms with Crippen molar-refractivity contribution >= 4 is 0 Å². The number of nitrogens with zero attached hydrogens (tertiary/aromatic N) is 2. The summed E-state index contributed by atoms with van der Waals surface area (Å²) in [5, 5.41) is 11.5. The molecule has 1 saturated heterocycles. The summed E-state index contributed by atoms with van der Waals surface area (Å²) in [4.78, 5) is 2.44. The van der Waals surface area contributed by atoms with Gasteiger partial charge in [-0.3, -0.25) is 4.90 Å². The molecule has 1 rings (SSSR count). The lowest BCUT2D eigenvalue weighted by Crippen LogP contribution is -2.37. The van der Waals surface area contributed by atoms with Crippen molar-refractivity contribution in [2.45, 2.75) is 110 Å². The Hall–Kier alpha value is -0.120. The van der Waals surface area contributed by atoms with Crippen LogP contribution in [-0.4, -0.2) is 41.0 Å². The van der Waals surface area contributed by atoms with Crippen LogP contribution in [0.3, 0.4) is 0 Å². The third-order valence-electron chi connectivity index (χ3n) is 5.21. The molecule has 1 unspecified atom stereocenters. The number of hydroxylamine groups is 2. The van der Waals surface area contributed by atoms with Gasteiger partial charge in [0.1, 0.15) is 0 Å². The molecule has 1 N–H and O–H groups in total. The fourth-order valence-electron chi connectivity index (χ4n) is 3.76. The van der Waals surface area contributed by atoms with Crippen molar-refractivity contribution in [3.05, 3.63) is 0 Å². The molecule has 3 nitrogen and oxygen atoms in total. The minimum absolute atomic E-state index is 0.290. The second kappa shape index (κ2) is 14.2. The van der Waals surface area contributed by atoms with E-state index in [1.54, 1.807) is 5.06 Å². The predicted molar refractivity (Wildman–Crippen MR) is 99.8 cm³/mol. The Morgan fingerprint density at radius 2 is 1.22 bits per heavy atom. The molecule has 1 fully saturated rings. The van der Waals surface area contributed by atoms with E-state index in [2.05, 4.69) is 18.7 Å². The van der Waals surface area contributed by atoms with E-state index in [1.165, 1.54) is 83.5 Å². The van der Waals surface area contributed by atoms with Crippen molar-refractivity contribution in [3.63, 3.8) is 0 Å². The molecule has 0 amide bonds. The van der Waals surface area contributed by atoms with E-state index in [9.17, 15) is 5.21 Å². The maximum absolute atomic E-state index is 9.95. The molecule has 1 atom stereocenters. The van der Waals surface area contributed by atoms with Gasteiger partial charge >= 0.3 is 0 Å². The fourth-order valence-corrected chi connectivity index (χ4v) is 3.76. The van der Waals surface area contributed by atoms with Gasteiger partial charge in [0, 0.05) is 13.1 Å². The lowest BCUT2D eigenvalue weighted by atomic mass is 10.0. The lowest BCUT2D eigenvalue weighted by molar-refractivity contribution is -0.127. The maximum Gasteiger partial charge on any atom is 0.0866 e. The van der Waals surface area contributed by atoms with E-state index in [4.69, 9.17) is 0 Å². The molecule has 0 radical (unpaired) electrons. The minimum Gasteiger partial charge on any atom is -0.312 e. The van der Waals surface area contributed by atoms with Crippen LogP contribution in [0.15, 0.2) is 0 Å². The summed E-state index contributed by atoms with van der Waals surface area (Å²) in [7, 11) is 0. The van der Waals surface area contributed by atoms with Gasteiger partial charge in [-0.25, -0.2) is 0 Å². The largest absolute Gasteiger partial charge is 0.312 e. The topological polar surface area (TPSA) is 26.7 Å². The minimum atomic E-state index is 0.290. The molecule has 0 spiro atoms. The van der Waals surface area contributed by atoms with Crippen LogP contribution in [0.4, 0.5) is 0 Å². The van der Waals surface area contributed by atoms with Gasteiger partial charge in [-0.2, -0.15) is 5.06 Å². The van der Waals surface area contributed by atoms with Crippen LogP contribution in [0.1, 0.15) is 104 Å². The second-order valence-electron chi connectivity index (χ2n) is 7.36. The number of hydrogen-bond donors (Lipinski definition) is 1. The molecule has 0 bridgehead atoms. The Bertz CT molecular complexity index is 258. The summed E-state index contributed by atoms with van der Waals surface area (Å²) in [5.41, 5.74) is 0. The van der Waals surface area contributed by atoms with Crippen LogP contribution in [-0.2, 0) is 0 Å². The number of unbranched alkanes of at least 4 members (excludes halogenated alkanes) is 11. The molecule has 0 aromatic carbocycles. The van der Waals surface area contributed by atoms with Crippen LogP contribution >= 0.6 is 0 Å². The Balaban J connectivity index is 1.87. The Labute approximate surface area is 145 Å². The zero-order chi connectivity index (χ0) is 16.8. The summed E-state index contributed by atoms with van der Waals surface area (Å²) in [6, 6.07) is 0. The molecule has 1 heterocycles. The third-order valence-corrected chi connectivity index (χ3v) is 5.21. The smallest absolute Gasteiger partial charge is 0.0866 e. The highest BCUT2D eigenvalue weighted by Crippen LogP contribution is 2.19. The van der Waals surface area contributed by atoms with Crippen molar-refractivity contribution in [1.82, 2.24) is 9.96 Å². The first kappa shape index (κ1) is 20.9. The molecule has 1 aliphatic rings. The van der Waals surface area contributed by atoms with Crippen LogP contribution in [0.25, 0.3) is 0 Å². The van der Waals surface area contributed by atoms with Gasteiger partial charge in [-0.15, -0.1) is 0 Å². The van der Waals surface area contributed by atoms with Gasteiger partial charge in [-0.1, -0.05) is 90.9 Å². The average molecular weight is 327 g/mol. The molecular formula is C20H42N2O. The van der Waals surface area contributed by atoms with Crippen LogP contribution in [0.2, 0.25) is 0 Å². The summed E-state index contributed by atoms with van der Waals surface area (Å²) in [6.45, 7) is 7.49. The first-order chi connectivity index (χ1) is 11.3. The lowest BCUT2D eigenvalue weighted by Gasteiger charge is -2.26. The van der Waals surface area contributed by atoms with Crippen molar-refractivity contribution < 1.29 is 5.21 Å². The maximum atomic E-state index is 9.95. The van der Waals surface area contributed by atoms with Gasteiger partial charge in [0.2, 0.25) is 0 Å². The van der Waals surface area contributed by atoms with Gasteiger partial charge in [0.25, 0.3) is 0 Å². The third kappa shape index (κ3) is 9.69. The van der Waals surface area contributed by atoms with Crippen LogP contribution < -0.4 is 0 Å². The standard InChI is InChI=1S/C20H42N2O/c1-3-5-6-7-8-9-10-11-12-13-14-15-16-20-21(17-4-2)18-19-22(20)23/h20,23H,3-19H2,1-2H3. The highest BCUT2D eigenvalue weighted by molar-refractivity contribution is 4.76. The molecule has 0 aromatic rings. The highest BCUT2D eigenvalue weighted by Gasteiger charge is 2.29. The van der Waals surface area contributed by atoms with Crippen molar-refractivity contribution in [2.75, 3.05) is 19.6 Å². The quantitative estimate of drug-likeness (QED) is 0.384. The summed E-state index contributed by atoms with van der Waals surface area (Å²) in [5.74, 6) is 0. The van der Waals surface area contributed by atoms with Gasteiger partial charge in [0.05, 0.1) is 6.17 Å². The first-order valence-corrected chi connectivity index (χ1v) is 10.5. The molecule has 3 heteroatoms. The molecule has 138 valence electrons. The number of rotatable bonds is 15. The van der Waals surface area contributed by atoms with E-state index >= 15 is 0 Å². The number of hydrogen-bond acceptors (Lipinski definition) is 3. The zero-order valence-electron chi connectivity index (χ0n) is 15.9. The zero-order valence-corrected chi connectivity index (χ0v) is 15.9. The Kier molecular flexibility index (Phi) is 13.0. The second-order valence-corrected chi connectivity index (χ2v) is 7.36. The van der Waals surface area contributed by atoms with Crippen LogP contribution in [0, 0.1) is 0 Å². The highest BCUT2D eigenvalue weighted by atomic mass is 16.5.